The van der Waals surface area contributed by atoms with Crippen LogP contribution >= 0.6 is 0 Å². The molecule has 1 aromatic carbocycles. The van der Waals surface area contributed by atoms with Gasteiger partial charge in [0.1, 0.15) is 0 Å². The molecule has 3 heteroatoms. The average molecular weight is 191 g/mol. The van der Waals surface area contributed by atoms with Gasteiger partial charge in [0.2, 0.25) is 0 Å². The Morgan fingerprint density at radius 1 is 1.57 bits per heavy atom. The minimum absolute atomic E-state index is 0.0783. The van der Waals surface area contributed by atoms with Crippen molar-refractivity contribution in [1.29, 1.82) is 0 Å². The topological polar surface area (TPSA) is 52.3 Å². The molecule has 0 aromatic heterocycles. The molecule has 0 amide bonds. The molecule has 14 heavy (non-hydrogen) atoms. The number of benzene rings is 1. The summed E-state index contributed by atoms with van der Waals surface area (Å²) < 4.78 is 4.72. The smallest absolute Gasteiger partial charge is 0.338 e. The second-order valence-electron chi connectivity index (χ2n) is 3.51. The molecule has 0 heterocycles. The number of esters is 1. The summed E-state index contributed by atoms with van der Waals surface area (Å²) in [5.74, 6) is -0.268. The fourth-order valence-corrected chi connectivity index (χ4v) is 1.99. The van der Waals surface area contributed by atoms with Gasteiger partial charge in [-0.3, -0.25) is 0 Å². The zero-order valence-corrected chi connectivity index (χ0v) is 8.12. The highest BCUT2D eigenvalue weighted by molar-refractivity contribution is 5.91. The number of hydrogen-bond donors (Lipinski definition) is 1. The molecule has 1 aliphatic carbocycles. The fraction of sp³-hybridized carbons (Fsp3) is 0.364. The van der Waals surface area contributed by atoms with Gasteiger partial charge < -0.3 is 10.5 Å². The van der Waals surface area contributed by atoms with E-state index >= 15 is 0 Å². The maximum Gasteiger partial charge on any atom is 0.338 e. The number of methoxy groups -OCH3 is 1. The lowest BCUT2D eigenvalue weighted by Crippen LogP contribution is -2.08. The Labute approximate surface area is 82.9 Å². The molecular weight excluding hydrogens is 178 g/mol. The van der Waals surface area contributed by atoms with E-state index in [1.54, 1.807) is 6.07 Å². The third kappa shape index (κ3) is 1.30. The first kappa shape index (κ1) is 9.21. The largest absolute Gasteiger partial charge is 0.465 e. The quantitative estimate of drug-likeness (QED) is 0.683. The van der Waals surface area contributed by atoms with E-state index in [4.69, 9.17) is 10.5 Å². The van der Waals surface area contributed by atoms with Gasteiger partial charge in [-0.1, -0.05) is 12.1 Å². The Morgan fingerprint density at radius 3 is 3.07 bits per heavy atom. The van der Waals surface area contributed by atoms with Crippen molar-refractivity contribution in [3.05, 3.63) is 34.9 Å². The van der Waals surface area contributed by atoms with E-state index in [1.165, 1.54) is 7.11 Å². The predicted molar refractivity (Wildman–Crippen MR) is 53.0 cm³/mol. The van der Waals surface area contributed by atoms with Crippen molar-refractivity contribution in [3.8, 4) is 0 Å². The molecule has 0 saturated heterocycles. The van der Waals surface area contributed by atoms with Crippen molar-refractivity contribution in [1.82, 2.24) is 0 Å². The van der Waals surface area contributed by atoms with E-state index in [2.05, 4.69) is 0 Å². The molecule has 1 unspecified atom stereocenters. The normalized spacial score (nSPS) is 19.1. The van der Waals surface area contributed by atoms with E-state index < -0.39 is 0 Å². The van der Waals surface area contributed by atoms with E-state index in [1.807, 2.05) is 12.1 Å². The van der Waals surface area contributed by atoms with Gasteiger partial charge in [-0.2, -0.15) is 0 Å². The zero-order chi connectivity index (χ0) is 10.1. The number of fused-ring (bicyclic) bond motifs is 1. The maximum atomic E-state index is 11.4. The van der Waals surface area contributed by atoms with Crippen LogP contribution in [0.5, 0.6) is 0 Å². The molecule has 1 aromatic rings. The zero-order valence-electron chi connectivity index (χ0n) is 8.12. The summed E-state index contributed by atoms with van der Waals surface area (Å²) >= 11 is 0. The van der Waals surface area contributed by atoms with Gasteiger partial charge >= 0.3 is 5.97 Å². The molecule has 0 aliphatic heterocycles. The summed E-state index contributed by atoms with van der Waals surface area (Å²) in [5.41, 5.74) is 8.72. The van der Waals surface area contributed by atoms with Crippen LogP contribution in [0, 0.1) is 0 Å². The van der Waals surface area contributed by atoms with Crippen LogP contribution in [0.1, 0.15) is 33.9 Å². The second-order valence-corrected chi connectivity index (χ2v) is 3.51. The van der Waals surface area contributed by atoms with Gasteiger partial charge in [0.15, 0.2) is 0 Å². The highest BCUT2D eigenvalue weighted by Gasteiger charge is 2.23. The van der Waals surface area contributed by atoms with Crippen LogP contribution in [-0.2, 0) is 11.2 Å². The molecule has 1 atom stereocenters. The molecule has 1 aliphatic rings. The second kappa shape index (κ2) is 3.42. The van der Waals surface area contributed by atoms with Crippen molar-refractivity contribution < 1.29 is 9.53 Å². The van der Waals surface area contributed by atoms with Crippen LogP contribution in [0.4, 0.5) is 0 Å². The van der Waals surface area contributed by atoms with Crippen molar-refractivity contribution in [2.45, 2.75) is 18.9 Å². The molecule has 0 saturated carbocycles. The third-order valence-electron chi connectivity index (χ3n) is 2.72. The lowest BCUT2D eigenvalue weighted by atomic mass is 10.0. The van der Waals surface area contributed by atoms with Gasteiger partial charge in [-0.05, 0) is 30.0 Å². The van der Waals surface area contributed by atoms with Crippen LogP contribution < -0.4 is 5.73 Å². The third-order valence-corrected chi connectivity index (χ3v) is 2.72. The van der Waals surface area contributed by atoms with E-state index in [-0.39, 0.29) is 12.0 Å². The van der Waals surface area contributed by atoms with Crippen molar-refractivity contribution in [2.75, 3.05) is 7.11 Å². The molecular formula is C11H13NO2. The predicted octanol–water partition coefficient (Wildman–Crippen LogP) is 1.42. The monoisotopic (exact) mass is 191 g/mol. The average Bonchev–Trinajstić information content (AvgIpc) is 2.59. The van der Waals surface area contributed by atoms with Crippen LogP contribution in [0.25, 0.3) is 0 Å². The maximum absolute atomic E-state index is 11.4. The Morgan fingerprint density at radius 2 is 2.36 bits per heavy atom. The molecule has 0 spiro atoms. The van der Waals surface area contributed by atoms with Crippen molar-refractivity contribution in [3.63, 3.8) is 0 Å². The van der Waals surface area contributed by atoms with Crippen LogP contribution in [0.15, 0.2) is 18.2 Å². The fourth-order valence-electron chi connectivity index (χ4n) is 1.99. The summed E-state index contributed by atoms with van der Waals surface area (Å²) in [4.78, 5) is 11.4. The standard InChI is InChI=1S/C11H13NO2/c1-14-11(13)9-4-2-3-8-7(9)5-6-10(8)12/h2-4,10H,5-6,12H2,1H3. The van der Waals surface area contributed by atoms with E-state index in [9.17, 15) is 4.79 Å². The van der Waals surface area contributed by atoms with Crippen molar-refractivity contribution >= 4 is 5.97 Å². The summed E-state index contributed by atoms with van der Waals surface area (Å²) in [7, 11) is 1.40. The first-order chi connectivity index (χ1) is 6.74. The number of ether oxygens (including phenoxy) is 1. The van der Waals surface area contributed by atoms with Gasteiger partial charge in [0, 0.05) is 6.04 Å². The van der Waals surface area contributed by atoms with Gasteiger partial charge in [-0.25, -0.2) is 4.79 Å². The number of nitrogens with two attached hydrogens (primary N) is 1. The minimum Gasteiger partial charge on any atom is -0.465 e. The van der Waals surface area contributed by atoms with Crippen LogP contribution in [0.2, 0.25) is 0 Å². The molecule has 74 valence electrons. The lowest BCUT2D eigenvalue weighted by molar-refractivity contribution is 0.0599. The van der Waals surface area contributed by atoms with E-state index in [0.717, 1.165) is 24.0 Å². The number of carbonyl (C=O) groups is 1. The molecule has 0 bridgehead atoms. The summed E-state index contributed by atoms with van der Waals surface area (Å²) in [5, 5.41) is 0. The van der Waals surface area contributed by atoms with Crippen LogP contribution in [-0.4, -0.2) is 13.1 Å². The summed E-state index contributed by atoms with van der Waals surface area (Å²) in [6.45, 7) is 0. The SMILES string of the molecule is COC(=O)c1cccc2c1CCC2N. The first-order valence-corrected chi connectivity index (χ1v) is 4.69. The van der Waals surface area contributed by atoms with Gasteiger partial charge in [0.05, 0.1) is 12.7 Å². The summed E-state index contributed by atoms with van der Waals surface area (Å²) in [6, 6.07) is 5.72. The number of rotatable bonds is 1. The number of hydrogen-bond acceptors (Lipinski definition) is 3. The highest BCUT2D eigenvalue weighted by Crippen LogP contribution is 2.31. The molecule has 3 nitrogen and oxygen atoms in total. The Kier molecular flexibility index (Phi) is 2.25. The van der Waals surface area contributed by atoms with E-state index in [0.29, 0.717) is 5.56 Å². The first-order valence-electron chi connectivity index (χ1n) is 4.69. The van der Waals surface area contributed by atoms with Gasteiger partial charge in [0.25, 0.3) is 0 Å². The van der Waals surface area contributed by atoms with Gasteiger partial charge in [-0.15, -0.1) is 0 Å². The minimum atomic E-state index is -0.268. The van der Waals surface area contributed by atoms with Crippen LogP contribution in [0.3, 0.4) is 0 Å². The van der Waals surface area contributed by atoms with Crippen molar-refractivity contribution in [2.24, 2.45) is 5.73 Å². The number of carbonyl (C=O) groups excluding carboxylic acids is 1. The highest BCUT2D eigenvalue weighted by atomic mass is 16.5. The lowest BCUT2D eigenvalue weighted by Gasteiger charge is -2.07. The Hall–Kier alpha value is -1.35. The molecule has 0 fully saturated rings. The molecule has 2 N–H and O–H groups in total. The molecule has 0 radical (unpaired) electrons. The molecule has 2 rings (SSSR count). The Bertz CT molecular complexity index is 374. The summed E-state index contributed by atoms with van der Waals surface area (Å²) in [6.07, 6.45) is 1.80. The Balaban J connectivity index is 2.49.